The Hall–Kier alpha value is -3.11. The molecule has 0 saturated carbocycles. The van der Waals surface area contributed by atoms with Gasteiger partial charge < -0.3 is 10.4 Å². The van der Waals surface area contributed by atoms with Crippen LogP contribution in [0.25, 0.3) is 0 Å². The molecule has 0 fully saturated rings. The zero-order chi connectivity index (χ0) is 17.8. The van der Waals surface area contributed by atoms with Gasteiger partial charge in [0.25, 0.3) is 5.91 Å². The lowest BCUT2D eigenvalue weighted by Crippen LogP contribution is -2.13. The zero-order valence-electron chi connectivity index (χ0n) is 13.1. The minimum Gasteiger partial charge on any atom is -0.507 e. The molecular weight excluding hydrogens is 338 g/mol. The first-order valence-corrected chi connectivity index (χ1v) is 7.92. The molecule has 3 aromatic carbocycles. The molecule has 0 saturated heterocycles. The summed E-state index contributed by atoms with van der Waals surface area (Å²) in [5, 5.41) is 12.7. The van der Waals surface area contributed by atoms with Gasteiger partial charge in [0.05, 0.1) is 10.6 Å². The molecule has 0 radical (unpaired) electrons. The summed E-state index contributed by atoms with van der Waals surface area (Å²) in [4.78, 5) is 24.9. The maximum Gasteiger partial charge on any atom is 0.259 e. The second kappa shape index (κ2) is 7.20. The van der Waals surface area contributed by atoms with Crippen molar-refractivity contribution in [3.8, 4) is 5.75 Å². The van der Waals surface area contributed by atoms with Crippen molar-refractivity contribution in [1.29, 1.82) is 0 Å². The minimum atomic E-state index is -0.474. The molecule has 2 N–H and O–H groups in total. The van der Waals surface area contributed by atoms with E-state index in [2.05, 4.69) is 5.32 Å². The molecule has 0 heterocycles. The summed E-state index contributed by atoms with van der Waals surface area (Å²) in [7, 11) is 0. The van der Waals surface area contributed by atoms with Gasteiger partial charge in [0.1, 0.15) is 5.75 Å². The number of aromatic hydroxyl groups is 1. The van der Waals surface area contributed by atoms with Gasteiger partial charge in [0, 0.05) is 16.8 Å². The number of phenolic OH excluding ortho intramolecular Hbond substituents is 1. The molecule has 0 atom stereocenters. The van der Waals surface area contributed by atoms with Crippen molar-refractivity contribution in [3.63, 3.8) is 0 Å². The minimum absolute atomic E-state index is 0.116. The molecule has 0 aromatic heterocycles. The van der Waals surface area contributed by atoms with Gasteiger partial charge in [-0.25, -0.2) is 0 Å². The molecule has 25 heavy (non-hydrogen) atoms. The van der Waals surface area contributed by atoms with Gasteiger partial charge in [-0.3, -0.25) is 9.59 Å². The van der Waals surface area contributed by atoms with E-state index in [1.54, 1.807) is 48.5 Å². The molecule has 124 valence electrons. The summed E-state index contributed by atoms with van der Waals surface area (Å²) >= 11 is 6.15. The fourth-order valence-electron chi connectivity index (χ4n) is 2.39. The van der Waals surface area contributed by atoms with Gasteiger partial charge >= 0.3 is 0 Å². The molecule has 0 unspecified atom stereocenters. The van der Waals surface area contributed by atoms with Crippen LogP contribution in [0.1, 0.15) is 26.3 Å². The highest BCUT2D eigenvalue weighted by Gasteiger charge is 2.15. The third-order valence-corrected chi connectivity index (χ3v) is 3.98. The van der Waals surface area contributed by atoms with E-state index in [1.165, 1.54) is 18.2 Å². The van der Waals surface area contributed by atoms with Gasteiger partial charge in [0.15, 0.2) is 5.78 Å². The van der Waals surface area contributed by atoms with Crippen molar-refractivity contribution < 1.29 is 14.7 Å². The monoisotopic (exact) mass is 351 g/mol. The Kier molecular flexibility index (Phi) is 4.82. The molecule has 0 bridgehead atoms. The quantitative estimate of drug-likeness (QED) is 0.679. The van der Waals surface area contributed by atoms with Crippen molar-refractivity contribution in [3.05, 3.63) is 94.5 Å². The first-order chi connectivity index (χ1) is 12.1. The number of phenols is 1. The third kappa shape index (κ3) is 3.70. The predicted molar refractivity (Wildman–Crippen MR) is 97.4 cm³/mol. The van der Waals surface area contributed by atoms with Gasteiger partial charge in [-0.1, -0.05) is 54.1 Å². The number of amides is 1. The summed E-state index contributed by atoms with van der Waals surface area (Å²) < 4.78 is 0. The lowest BCUT2D eigenvalue weighted by atomic mass is 10.0. The van der Waals surface area contributed by atoms with Crippen LogP contribution in [-0.4, -0.2) is 16.8 Å². The van der Waals surface area contributed by atoms with Crippen LogP contribution >= 0.6 is 11.6 Å². The fourth-order valence-corrected chi connectivity index (χ4v) is 2.59. The van der Waals surface area contributed by atoms with Crippen molar-refractivity contribution in [1.82, 2.24) is 0 Å². The Morgan fingerprint density at radius 3 is 2.24 bits per heavy atom. The zero-order valence-corrected chi connectivity index (χ0v) is 13.8. The van der Waals surface area contributed by atoms with E-state index >= 15 is 0 Å². The van der Waals surface area contributed by atoms with Crippen LogP contribution in [0.4, 0.5) is 5.69 Å². The second-order valence-corrected chi connectivity index (χ2v) is 5.77. The van der Waals surface area contributed by atoms with Crippen molar-refractivity contribution in [2.75, 3.05) is 5.32 Å². The number of hydrogen-bond donors (Lipinski definition) is 2. The van der Waals surface area contributed by atoms with Crippen molar-refractivity contribution >= 4 is 29.0 Å². The van der Waals surface area contributed by atoms with Crippen molar-refractivity contribution in [2.45, 2.75) is 0 Å². The number of carbonyl (C=O) groups is 2. The molecule has 0 aliphatic rings. The molecular formula is C20H14ClNO3. The Labute approximate surface area is 149 Å². The summed E-state index contributed by atoms with van der Waals surface area (Å²) in [6.07, 6.45) is 0. The fraction of sp³-hybridized carbons (Fsp3) is 0. The van der Waals surface area contributed by atoms with Crippen LogP contribution in [0.15, 0.2) is 72.8 Å². The standard InChI is InChI=1S/C20H14ClNO3/c21-17-11-10-14(22-20(25)15-8-4-5-9-18(15)23)12-16(17)19(24)13-6-2-1-3-7-13/h1-12,23H,(H,22,25). The van der Waals surface area contributed by atoms with Crippen LogP contribution in [-0.2, 0) is 0 Å². The van der Waals surface area contributed by atoms with Crippen LogP contribution < -0.4 is 5.32 Å². The van der Waals surface area contributed by atoms with Crippen LogP contribution in [0.2, 0.25) is 5.02 Å². The maximum atomic E-state index is 12.6. The van der Waals surface area contributed by atoms with Crippen LogP contribution in [0, 0.1) is 0 Å². The van der Waals surface area contributed by atoms with E-state index in [0.717, 1.165) is 0 Å². The number of hydrogen-bond acceptors (Lipinski definition) is 3. The van der Waals surface area contributed by atoms with E-state index in [0.29, 0.717) is 21.8 Å². The second-order valence-electron chi connectivity index (χ2n) is 5.36. The average molecular weight is 352 g/mol. The Morgan fingerprint density at radius 1 is 0.840 bits per heavy atom. The van der Waals surface area contributed by atoms with Gasteiger partial charge in [0.2, 0.25) is 0 Å². The van der Waals surface area contributed by atoms with E-state index in [-0.39, 0.29) is 17.1 Å². The molecule has 0 spiro atoms. The van der Waals surface area contributed by atoms with Crippen LogP contribution in [0.5, 0.6) is 5.75 Å². The van der Waals surface area contributed by atoms with E-state index in [1.807, 2.05) is 6.07 Å². The topological polar surface area (TPSA) is 66.4 Å². The molecule has 0 aliphatic heterocycles. The van der Waals surface area contributed by atoms with Gasteiger partial charge in [-0.05, 0) is 30.3 Å². The predicted octanol–water partition coefficient (Wildman–Crippen LogP) is 4.53. The lowest BCUT2D eigenvalue weighted by molar-refractivity contribution is 0.101. The van der Waals surface area contributed by atoms with Crippen LogP contribution in [0.3, 0.4) is 0 Å². The van der Waals surface area contributed by atoms with E-state index in [9.17, 15) is 14.7 Å². The highest BCUT2D eigenvalue weighted by atomic mass is 35.5. The Bertz CT molecular complexity index is 939. The lowest BCUT2D eigenvalue weighted by Gasteiger charge is -2.10. The molecule has 1 amide bonds. The number of halogens is 1. The van der Waals surface area contributed by atoms with E-state index < -0.39 is 5.91 Å². The number of benzene rings is 3. The number of para-hydroxylation sites is 1. The number of ketones is 1. The molecule has 4 nitrogen and oxygen atoms in total. The molecule has 0 aliphatic carbocycles. The SMILES string of the molecule is O=C(Nc1ccc(Cl)c(C(=O)c2ccccc2)c1)c1ccccc1O. The summed E-state index contributed by atoms with van der Waals surface area (Å²) in [6, 6.07) is 19.7. The summed E-state index contributed by atoms with van der Waals surface area (Å²) in [6.45, 7) is 0. The highest BCUT2D eigenvalue weighted by molar-refractivity contribution is 6.35. The first kappa shape index (κ1) is 16.7. The Balaban J connectivity index is 1.88. The smallest absolute Gasteiger partial charge is 0.259 e. The summed E-state index contributed by atoms with van der Waals surface area (Å²) in [5.41, 5.74) is 1.36. The number of anilines is 1. The maximum absolute atomic E-state index is 12.6. The van der Waals surface area contributed by atoms with Gasteiger partial charge in [-0.2, -0.15) is 0 Å². The number of carbonyl (C=O) groups excluding carboxylic acids is 2. The largest absolute Gasteiger partial charge is 0.507 e. The normalized spacial score (nSPS) is 10.3. The Morgan fingerprint density at radius 2 is 1.52 bits per heavy atom. The molecule has 3 rings (SSSR count). The summed E-state index contributed by atoms with van der Waals surface area (Å²) in [5.74, 6) is -0.822. The molecule has 5 heteroatoms. The third-order valence-electron chi connectivity index (χ3n) is 3.65. The van der Waals surface area contributed by atoms with Gasteiger partial charge in [-0.15, -0.1) is 0 Å². The average Bonchev–Trinajstić information content (AvgIpc) is 2.63. The van der Waals surface area contributed by atoms with Crippen molar-refractivity contribution in [2.24, 2.45) is 0 Å². The highest BCUT2D eigenvalue weighted by Crippen LogP contribution is 2.25. The molecule has 3 aromatic rings. The number of nitrogens with one attached hydrogen (secondary N) is 1. The number of rotatable bonds is 4. The van der Waals surface area contributed by atoms with E-state index in [4.69, 9.17) is 11.6 Å². The first-order valence-electron chi connectivity index (χ1n) is 7.55.